The quantitative estimate of drug-likeness (QED) is 0.899. The minimum absolute atomic E-state index is 0.0958. The van der Waals surface area contributed by atoms with E-state index in [-0.39, 0.29) is 11.9 Å². The second-order valence-electron chi connectivity index (χ2n) is 6.97. The molecular formula is C17H26N6O2. The SMILES string of the molecule is CCc1c(NC(=O)N2CCC(c3noc(C)n3)C2)cnn1CC(C)C. The molecule has 3 heterocycles. The van der Waals surface area contributed by atoms with Crippen LogP contribution in [0, 0.1) is 12.8 Å². The second-order valence-corrected chi connectivity index (χ2v) is 6.97. The maximum absolute atomic E-state index is 12.6. The number of nitrogens with one attached hydrogen (secondary N) is 1. The maximum atomic E-state index is 12.6. The van der Waals surface area contributed by atoms with E-state index in [0.29, 0.717) is 30.7 Å². The first-order chi connectivity index (χ1) is 12.0. The molecule has 2 amide bonds. The summed E-state index contributed by atoms with van der Waals surface area (Å²) in [7, 11) is 0. The van der Waals surface area contributed by atoms with Crippen molar-refractivity contribution in [2.75, 3.05) is 18.4 Å². The first-order valence-corrected chi connectivity index (χ1v) is 8.88. The number of carbonyl (C=O) groups excluding carboxylic acids is 1. The monoisotopic (exact) mass is 346 g/mol. The lowest BCUT2D eigenvalue weighted by Crippen LogP contribution is -2.33. The van der Waals surface area contributed by atoms with Crippen LogP contribution in [0.3, 0.4) is 0 Å². The molecule has 1 saturated heterocycles. The van der Waals surface area contributed by atoms with E-state index in [2.05, 4.69) is 41.3 Å². The molecule has 1 fully saturated rings. The summed E-state index contributed by atoms with van der Waals surface area (Å²) in [4.78, 5) is 18.7. The van der Waals surface area contributed by atoms with E-state index in [1.807, 2.05) is 4.68 Å². The Kier molecular flexibility index (Phi) is 5.06. The fraction of sp³-hybridized carbons (Fsp3) is 0.647. The molecule has 2 aromatic rings. The summed E-state index contributed by atoms with van der Waals surface area (Å²) in [5.74, 6) is 1.89. The molecule has 1 aliphatic rings. The molecule has 25 heavy (non-hydrogen) atoms. The lowest BCUT2D eigenvalue weighted by molar-refractivity contribution is 0.222. The van der Waals surface area contributed by atoms with Crippen molar-refractivity contribution >= 4 is 11.7 Å². The van der Waals surface area contributed by atoms with E-state index in [1.165, 1.54) is 0 Å². The summed E-state index contributed by atoms with van der Waals surface area (Å²) in [6.45, 7) is 10.3. The Balaban J connectivity index is 1.64. The summed E-state index contributed by atoms with van der Waals surface area (Å²) < 4.78 is 7.02. The Morgan fingerprint density at radius 3 is 2.92 bits per heavy atom. The van der Waals surface area contributed by atoms with Crippen LogP contribution in [0.15, 0.2) is 10.7 Å². The molecule has 0 spiro atoms. The number of aryl methyl sites for hydroxylation is 1. The van der Waals surface area contributed by atoms with Gasteiger partial charge < -0.3 is 14.7 Å². The van der Waals surface area contributed by atoms with Crippen molar-refractivity contribution in [2.45, 2.75) is 53.0 Å². The highest BCUT2D eigenvalue weighted by molar-refractivity contribution is 5.90. The van der Waals surface area contributed by atoms with E-state index in [4.69, 9.17) is 4.52 Å². The number of urea groups is 1. The number of hydrogen-bond acceptors (Lipinski definition) is 5. The van der Waals surface area contributed by atoms with Crippen LogP contribution in [0.4, 0.5) is 10.5 Å². The molecule has 8 heteroatoms. The smallest absolute Gasteiger partial charge is 0.321 e. The standard InChI is InChI=1S/C17H26N6O2/c1-5-15-14(8-18-23(15)9-11(2)3)20-17(24)22-7-6-13(10-22)16-19-12(4)25-21-16/h8,11,13H,5-7,9-10H2,1-4H3,(H,20,24). The van der Waals surface area contributed by atoms with E-state index in [0.717, 1.165) is 30.8 Å². The van der Waals surface area contributed by atoms with Crippen LogP contribution >= 0.6 is 0 Å². The molecule has 0 bridgehead atoms. The maximum Gasteiger partial charge on any atom is 0.321 e. The first-order valence-electron chi connectivity index (χ1n) is 8.88. The number of nitrogens with zero attached hydrogens (tertiary/aromatic N) is 5. The third-order valence-corrected chi connectivity index (χ3v) is 4.45. The summed E-state index contributed by atoms with van der Waals surface area (Å²) in [6.07, 6.45) is 3.42. The van der Waals surface area contributed by atoms with Crippen molar-refractivity contribution in [3.63, 3.8) is 0 Å². The Labute approximate surface area is 147 Å². The van der Waals surface area contributed by atoms with Crippen LogP contribution in [0.2, 0.25) is 0 Å². The van der Waals surface area contributed by atoms with Gasteiger partial charge in [-0.15, -0.1) is 0 Å². The second kappa shape index (κ2) is 7.25. The highest BCUT2D eigenvalue weighted by Gasteiger charge is 2.30. The molecule has 3 rings (SSSR count). The zero-order chi connectivity index (χ0) is 18.0. The zero-order valence-corrected chi connectivity index (χ0v) is 15.3. The lowest BCUT2D eigenvalue weighted by atomic mass is 10.1. The molecule has 0 aromatic carbocycles. The molecule has 1 atom stereocenters. The highest BCUT2D eigenvalue weighted by Crippen LogP contribution is 2.26. The number of anilines is 1. The Morgan fingerprint density at radius 2 is 2.28 bits per heavy atom. The summed E-state index contributed by atoms with van der Waals surface area (Å²) in [5, 5.41) is 11.4. The van der Waals surface area contributed by atoms with Gasteiger partial charge in [0, 0.05) is 32.5 Å². The van der Waals surface area contributed by atoms with Crippen LogP contribution in [0.5, 0.6) is 0 Å². The molecule has 1 aliphatic heterocycles. The summed E-state index contributed by atoms with van der Waals surface area (Å²) in [6, 6.07) is -0.0958. The Bertz CT molecular complexity index is 735. The predicted molar refractivity (Wildman–Crippen MR) is 93.4 cm³/mol. The van der Waals surface area contributed by atoms with Crippen molar-refractivity contribution < 1.29 is 9.32 Å². The number of hydrogen-bond donors (Lipinski definition) is 1. The van der Waals surface area contributed by atoms with Gasteiger partial charge in [0.1, 0.15) is 0 Å². The van der Waals surface area contributed by atoms with Crippen LogP contribution in [0.25, 0.3) is 0 Å². The molecule has 0 aliphatic carbocycles. The van der Waals surface area contributed by atoms with Crippen molar-refractivity contribution in [3.05, 3.63) is 23.6 Å². The average molecular weight is 346 g/mol. The minimum Gasteiger partial charge on any atom is -0.340 e. The number of aromatic nitrogens is 4. The van der Waals surface area contributed by atoms with Crippen molar-refractivity contribution in [1.82, 2.24) is 24.8 Å². The van der Waals surface area contributed by atoms with Crippen LogP contribution in [-0.4, -0.2) is 43.9 Å². The van der Waals surface area contributed by atoms with E-state index < -0.39 is 0 Å². The van der Waals surface area contributed by atoms with Gasteiger partial charge in [-0.25, -0.2) is 4.79 Å². The normalized spacial score (nSPS) is 17.5. The molecule has 1 unspecified atom stereocenters. The van der Waals surface area contributed by atoms with Gasteiger partial charge in [0.25, 0.3) is 0 Å². The van der Waals surface area contributed by atoms with Gasteiger partial charge in [0.2, 0.25) is 5.89 Å². The van der Waals surface area contributed by atoms with E-state index in [1.54, 1.807) is 18.0 Å². The summed E-state index contributed by atoms with van der Waals surface area (Å²) in [5.41, 5.74) is 1.86. The number of amides is 2. The number of carbonyl (C=O) groups is 1. The third-order valence-electron chi connectivity index (χ3n) is 4.45. The molecule has 136 valence electrons. The molecule has 1 N–H and O–H groups in total. The first kappa shape index (κ1) is 17.4. The fourth-order valence-corrected chi connectivity index (χ4v) is 3.22. The van der Waals surface area contributed by atoms with Crippen LogP contribution < -0.4 is 5.32 Å². The van der Waals surface area contributed by atoms with Gasteiger partial charge in [-0.2, -0.15) is 10.1 Å². The molecule has 8 nitrogen and oxygen atoms in total. The Morgan fingerprint density at radius 1 is 1.48 bits per heavy atom. The van der Waals surface area contributed by atoms with Gasteiger partial charge >= 0.3 is 6.03 Å². The Hall–Kier alpha value is -2.38. The van der Waals surface area contributed by atoms with Gasteiger partial charge in [-0.05, 0) is 18.8 Å². The largest absolute Gasteiger partial charge is 0.340 e. The van der Waals surface area contributed by atoms with Gasteiger partial charge in [0.15, 0.2) is 5.82 Å². The van der Waals surface area contributed by atoms with Crippen LogP contribution in [0.1, 0.15) is 50.5 Å². The van der Waals surface area contributed by atoms with Gasteiger partial charge in [0.05, 0.1) is 17.6 Å². The fourth-order valence-electron chi connectivity index (χ4n) is 3.22. The topological polar surface area (TPSA) is 89.1 Å². The van der Waals surface area contributed by atoms with Gasteiger partial charge in [-0.3, -0.25) is 4.68 Å². The van der Waals surface area contributed by atoms with Gasteiger partial charge in [-0.1, -0.05) is 25.9 Å². The predicted octanol–water partition coefficient (Wildman–Crippen LogP) is 2.81. The van der Waals surface area contributed by atoms with E-state index >= 15 is 0 Å². The molecule has 0 saturated carbocycles. The van der Waals surface area contributed by atoms with Crippen molar-refractivity contribution in [3.8, 4) is 0 Å². The van der Waals surface area contributed by atoms with Crippen molar-refractivity contribution in [2.24, 2.45) is 5.92 Å². The van der Waals surface area contributed by atoms with Crippen molar-refractivity contribution in [1.29, 1.82) is 0 Å². The highest BCUT2D eigenvalue weighted by atomic mass is 16.5. The number of likely N-dealkylation sites (tertiary alicyclic amines) is 1. The minimum atomic E-state index is -0.0958. The van der Waals surface area contributed by atoms with E-state index in [9.17, 15) is 4.79 Å². The average Bonchev–Trinajstić information content (AvgIpc) is 3.26. The molecule has 2 aromatic heterocycles. The summed E-state index contributed by atoms with van der Waals surface area (Å²) >= 11 is 0. The zero-order valence-electron chi connectivity index (χ0n) is 15.3. The van der Waals surface area contributed by atoms with Crippen LogP contribution in [-0.2, 0) is 13.0 Å². The molecule has 0 radical (unpaired) electrons. The third kappa shape index (κ3) is 3.83. The number of rotatable bonds is 5. The lowest BCUT2D eigenvalue weighted by Gasteiger charge is -2.17. The molecular weight excluding hydrogens is 320 g/mol.